The van der Waals surface area contributed by atoms with Crippen molar-refractivity contribution in [3.8, 4) is 5.75 Å². The number of nitrogens with zero attached hydrogens (tertiary/aromatic N) is 2. The Balaban J connectivity index is 1.37. The smallest absolute Gasteiger partial charge is 0.252 e. The number of ether oxygens (including phenoxy) is 1. The van der Waals surface area contributed by atoms with Crippen molar-refractivity contribution in [3.63, 3.8) is 0 Å². The average molecular weight is 435 g/mol. The summed E-state index contributed by atoms with van der Waals surface area (Å²) in [6.45, 7) is 0. The largest absolute Gasteiger partial charge is 0.497 e. The van der Waals surface area contributed by atoms with Crippen LogP contribution in [0.3, 0.4) is 0 Å². The normalized spacial score (nSPS) is 36.0. The van der Waals surface area contributed by atoms with Crippen molar-refractivity contribution in [2.75, 3.05) is 18.6 Å². The van der Waals surface area contributed by atoms with Gasteiger partial charge in [0.2, 0.25) is 0 Å². The Morgan fingerprint density at radius 2 is 1.97 bits per heavy atom. The molecular formula is C21H26N2O4S2. The van der Waals surface area contributed by atoms with Gasteiger partial charge in [0.25, 0.3) is 5.91 Å². The van der Waals surface area contributed by atoms with Crippen molar-refractivity contribution in [2.24, 2.45) is 16.8 Å². The maximum absolute atomic E-state index is 12.7. The predicted octanol–water partition coefficient (Wildman–Crippen LogP) is 2.52. The highest BCUT2D eigenvalue weighted by Gasteiger charge is 2.54. The van der Waals surface area contributed by atoms with E-state index < -0.39 is 9.84 Å². The van der Waals surface area contributed by atoms with Crippen LogP contribution in [0.1, 0.15) is 31.2 Å². The summed E-state index contributed by atoms with van der Waals surface area (Å²) in [7, 11) is -1.39. The zero-order valence-electron chi connectivity index (χ0n) is 16.5. The maximum atomic E-state index is 12.7. The molecule has 8 heteroatoms. The van der Waals surface area contributed by atoms with E-state index in [9.17, 15) is 13.2 Å². The number of sulfone groups is 1. The van der Waals surface area contributed by atoms with Gasteiger partial charge in [-0.05, 0) is 48.8 Å². The topological polar surface area (TPSA) is 76.0 Å². The fraction of sp³-hybridized carbons (Fsp3) is 0.619. The van der Waals surface area contributed by atoms with Gasteiger partial charge in [0, 0.05) is 11.3 Å². The summed E-state index contributed by atoms with van der Waals surface area (Å²) < 4.78 is 29.6. The van der Waals surface area contributed by atoms with Crippen molar-refractivity contribution in [1.82, 2.24) is 4.90 Å². The summed E-state index contributed by atoms with van der Waals surface area (Å²) in [4.78, 5) is 19.5. The lowest BCUT2D eigenvalue weighted by Gasteiger charge is -2.36. The molecule has 2 saturated carbocycles. The Morgan fingerprint density at radius 3 is 2.62 bits per heavy atom. The minimum atomic E-state index is -3.00. The Morgan fingerprint density at radius 1 is 1.17 bits per heavy atom. The van der Waals surface area contributed by atoms with E-state index in [4.69, 9.17) is 4.74 Å². The molecule has 4 fully saturated rings. The van der Waals surface area contributed by atoms with Crippen LogP contribution in [-0.2, 0) is 21.1 Å². The quantitative estimate of drug-likeness (QED) is 0.725. The van der Waals surface area contributed by atoms with E-state index in [1.165, 1.54) is 31.0 Å². The van der Waals surface area contributed by atoms with Gasteiger partial charge < -0.3 is 9.64 Å². The zero-order valence-corrected chi connectivity index (χ0v) is 18.1. The summed E-state index contributed by atoms with van der Waals surface area (Å²) >= 11 is 1.51. The van der Waals surface area contributed by atoms with Crippen molar-refractivity contribution in [3.05, 3.63) is 29.8 Å². The van der Waals surface area contributed by atoms with Gasteiger partial charge in [-0.2, -0.15) is 4.99 Å². The van der Waals surface area contributed by atoms with Gasteiger partial charge in [0.05, 0.1) is 31.1 Å². The Hall–Kier alpha value is -1.54. The highest BCUT2D eigenvalue weighted by Crippen LogP contribution is 2.51. The molecule has 0 N–H and O–H groups in total. The van der Waals surface area contributed by atoms with Crippen LogP contribution in [-0.4, -0.2) is 60.3 Å². The van der Waals surface area contributed by atoms with Crippen LogP contribution in [0.2, 0.25) is 0 Å². The summed E-state index contributed by atoms with van der Waals surface area (Å²) in [5.41, 5.74) is 0.900. The number of benzene rings is 1. The van der Waals surface area contributed by atoms with Gasteiger partial charge in [-0.25, -0.2) is 8.42 Å². The Labute approximate surface area is 176 Å². The lowest BCUT2D eigenvalue weighted by molar-refractivity contribution is -0.117. The standard InChI is InChI=1S/C21H26N2O4S2/c1-27-16-6-3-13(4-7-16)10-20(24)22-21-23(17-9-14-2-5-15(17)8-14)18-11-29(25,26)12-19(18)28-21/h3-4,6-7,14-15,17-19H,2,5,8-12H2,1H3/t14-,15-,17-,18-,19-/m1/s1. The number of thioether (sulfide) groups is 1. The monoisotopic (exact) mass is 434 g/mol. The number of fused-ring (bicyclic) bond motifs is 3. The highest BCUT2D eigenvalue weighted by molar-refractivity contribution is 8.15. The highest BCUT2D eigenvalue weighted by atomic mass is 32.2. The molecule has 5 rings (SSSR count). The first-order valence-corrected chi connectivity index (χ1v) is 13.0. The maximum Gasteiger partial charge on any atom is 0.252 e. The van der Waals surface area contributed by atoms with E-state index in [-0.39, 0.29) is 35.1 Å². The number of rotatable bonds is 4. The molecule has 0 spiro atoms. The van der Waals surface area contributed by atoms with Gasteiger partial charge >= 0.3 is 0 Å². The molecule has 6 nitrogen and oxygen atoms in total. The number of amides is 1. The number of amidine groups is 1. The molecule has 1 aromatic rings. The van der Waals surface area contributed by atoms with Crippen LogP contribution in [0.15, 0.2) is 29.3 Å². The van der Waals surface area contributed by atoms with Gasteiger partial charge in [-0.15, -0.1) is 0 Å². The third kappa shape index (κ3) is 3.69. The molecule has 5 atom stereocenters. The van der Waals surface area contributed by atoms with Gasteiger partial charge in [0.1, 0.15) is 5.75 Å². The SMILES string of the molecule is COc1ccc(CC(=O)N=C2S[C@@H]3CS(=O)(=O)C[C@H]3N2[C@@H]2C[C@@H]3CC[C@@H]2C3)cc1. The van der Waals surface area contributed by atoms with E-state index in [0.29, 0.717) is 12.0 Å². The van der Waals surface area contributed by atoms with E-state index in [2.05, 4.69) is 9.89 Å². The third-order valence-electron chi connectivity index (χ3n) is 6.90. The van der Waals surface area contributed by atoms with Crippen molar-refractivity contribution >= 4 is 32.7 Å². The third-order valence-corrected chi connectivity index (χ3v) is 10.1. The van der Waals surface area contributed by atoms with Gasteiger partial charge in [-0.3, -0.25) is 4.79 Å². The van der Waals surface area contributed by atoms with Crippen LogP contribution in [0.4, 0.5) is 0 Å². The predicted molar refractivity (Wildman–Crippen MR) is 114 cm³/mol. The molecule has 156 valence electrons. The second-order valence-corrected chi connectivity index (χ2v) is 12.1. The number of methoxy groups -OCH3 is 1. The molecule has 2 bridgehead atoms. The molecule has 2 aliphatic heterocycles. The Kier molecular flexibility index (Phi) is 4.89. The molecule has 4 aliphatic rings. The number of aliphatic imine (C=N–C) groups is 1. The van der Waals surface area contributed by atoms with E-state index >= 15 is 0 Å². The molecule has 2 saturated heterocycles. The minimum Gasteiger partial charge on any atom is -0.497 e. The fourth-order valence-corrected chi connectivity index (χ4v) is 9.59. The second kappa shape index (κ2) is 7.30. The minimum absolute atomic E-state index is 0.00617. The lowest BCUT2D eigenvalue weighted by atomic mass is 9.93. The van der Waals surface area contributed by atoms with Crippen LogP contribution in [0, 0.1) is 11.8 Å². The first kappa shape index (κ1) is 19.4. The van der Waals surface area contributed by atoms with Gasteiger partial charge in [-0.1, -0.05) is 30.3 Å². The average Bonchev–Trinajstić information content (AvgIpc) is 3.42. The molecular weight excluding hydrogens is 408 g/mol. The molecule has 2 aliphatic carbocycles. The van der Waals surface area contributed by atoms with Gasteiger partial charge in [0.15, 0.2) is 15.0 Å². The van der Waals surface area contributed by atoms with Crippen molar-refractivity contribution in [2.45, 2.75) is 49.4 Å². The Bertz CT molecular complexity index is 944. The lowest BCUT2D eigenvalue weighted by Crippen LogP contribution is -2.47. The van der Waals surface area contributed by atoms with E-state index in [1.54, 1.807) is 7.11 Å². The van der Waals surface area contributed by atoms with Crippen LogP contribution >= 0.6 is 11.8 Å². The van der Waals surface area contributed by atoms with Crippen LogP contribution in [0.25, 0.3) is 0 Å². The first-order chi connectivity index (χ1) is 13.9. The van der Waals surface area contributed by atoms with Crippen LogP contribution < -0.4 is 4.74 Å². The second-order valence-electron chi connectivity index (χ2n) is 8.76. The summed E-state index contributed by atoms with van der Waals surface area (Å²) in [5, 5.41) is 0.762. The molecule has 1 aromatic carbocycles. The number of hydrogen-bond acceptors (Lipinski definition) is 5. The zero-order chi connectivity index (χ0) is 20.2. The molecule has 29 heavy (non-hydrogen) atoms. The van der Waals surface area contributed by atoms with Crippen LogP contribution in [0.5, 0.6) is 5.75 Å². The summed E-state index contributed by atoms with van der Waals surface area (Å²) in [6, 6.07) is 7.77. The number of hydrogen-bond donors (Lipinski definition) is 0. The van der Waals surface area contributed by atoms with Crippen molar-refractivity contribution in [1.29, 1.82) is 0 Å². The molecule has 0 radical (unpaired) electrons. The molecule has 0 unspecified atom stereocenters. The molecule has 0 aromatic heterocycles. The summed E-state index contributed by atoms with van der Waals surface area (Å²) in [5.74, 6) is 2.35. The van der Waals surface area contributed by atoms with E-state index in [1.807, 2.05) is 24.3 Å². The fourth-order valence-electron chi connectivity index (χ4n) is 5.59. The summed E-state index contributed by atoms with van der Waals surface area (Å²) in [6.07, 6.45) is 5.10. The van der Waals surface area contributed by atoms with Crippen molar-refractivity contribution < 1.29 is 17.9 Å². The molecule has 1 amide bonds. The van der Waals surface area contributed by atoms with E-state index in [0.717, 1.165) is 28.8 Å². The first-order valence-electron chi connectivity index (χ1n) is 10.3. The number of carbonyl (C=O) groups excluding carboxylic acids is 1. The molecule has 2 heterocycles. The number of carbonyl (C=O) groups is 1.